The van der Waals surface area contributed by atoms with Crippen LogP contribution in [0.2, 0.25) is 0 Å². The van der Waals surface area contributed by atoms with Gasteiger partial charge < -0.3 is 15.3 Å². The molecule has 0 aliphatic carbocycles. The predicted octanol–water partition coefficient (Wildman–Crippen LogP) is 4.65. The summed E-state index contributed by atoms with van der Waals surface area (Å²) in [7, 11) is 0. The van der Waals surface area contributed by atoms with Crippen LogP contribution in [0.1, 0.15) is 11.7 Å². The Labute approximate surface area is 129 Å². The number of benzene rings is 3. The highest BCUT2D eigenvalue weighted by atomic mass is 16.3. The van der Waals surface area contributed by atoms with Gasteiger partial charge in [0.05, 0.1) is 11.4 Å². The topological polar surface area (TPSA) is 35.5 Å². The summed E-state index contributed by atoms with van der Waals surface area (Å²) in [5, 5.41) is 13.8. The van der Waals surface area contributed by atoms with Crippen LogP contribution in [-0.4, -0.2) is 5.11 Å². The summed E-state index contributed by atoms with van der Waals surface area (Å²) in [5.41, 5.74) is 4.14. The largest absolute Gasteiger partial charge is 0.508 e. The highest BCUT2D eigenvalue weighted by Crippen LogP contribution is 2.47. The summed E-state index contributed by atoms with van der Waals surface area (Å²) in [5.74, 6) is 0.300. The van der Waals surface area contributed by atoms with E-state index >= 15 is 0 Å². The van der Waals surface area contributed by atoms with Crippen molar-refractivity contribution in [3.05, 3.63) is 84.4 Å². The van der Waals surface area contributed by atoms with Gasteiger partial charge in [-0.15, -0.1) is 0 Å². The number of phenols is 1. The monoisotopic (exact) mass is 288 g/mol. The minimum Gasteiger partial charge on any atom is -0.508 e. The molecular formula is C19H16N2O. The molecule has 1 unspecified atom stereocenters. The van der Waals surface area contributed by atoms with Crippen LogP contribution in [0, 0.1) is 0 Å². The average Bonchev–Trinajstić information content (AvgIpc) is 2.95. The molecule has 1 heterocycles. The minimum atomic E-state index is -0.124. The van der Waals surface area contributed by atoms with Gasteiger partial charge in [-0.3, -0.25) is 0 Å². The number of anilines is 3. The molecular weight excluding hydrogens is 272 g/mol. The second-order valence-electron chi connectivity index (χ2n) is 5.33. The zero-order chi connectivity index (χ0) is 14.9. The van der Waals surface area contributed by atoms with Gasteiger partial charge in [-0.25, -0.2) is 0 Å². The maximum absolute atomic E-state index is 10.2. The number of nitrogens with zero attached hydrogens (tertiary/aromatic N) is 1. The van der Waals surface area contributed by atoms with Crippen LogP contribution in [0.4, 0.5) is 17.1 Å². The van der Waals surface area contributed by atoms with Crippen molar-refractivity contribution < 1.29 is 5.11 Å². The minimum absolute atomic E-state index is 0.124. The Morgan fingerprint density at radius 2 is 1.45 bits per heavy atom. The lowest BCUT2D eigenvalue weighted by Gasteiger charge is -2.27. The maximum atomic E-state index is 10.2. The number of nitrogens with one attached hydrogen (secondary N) is 1. The Kier molecular flexibility index (Phi) is 2.97. The van der Waals surface area contributed by atoms with Crippen molar-refractivity contribution >= 4 is 17.1 Å². The molecule has 0 bridgehead atoms. The summed E-state index contributed by atoms with van der Waals surface area (Å²) in [4.78, 5) is 2.21. The van der Waals surface area contributed by atoms with Crippen molar-refractivity contribution in [2.45, 2.75) is 6.17 Å². The number of phenolic OH excluding ortho intramolecular Hbond substituents is 1. The fourth-order valence-corrected chi connectivity index (χ4v) is 2.97. The number of hydrogen-bond donors (Lipinski definition) is 2. The van der Waals surface area contributed by atoms with E-state index in [9.17, 15) is 5.11 Å². The molecule has 3 heteroatoms. The molecule has 22 heavy (non-hydrogen) atoms. The third-order valence-corrected chi connectivity index (χ3v) is 3.98. The van der Waals surface area contributed by atoms with Gasteiger partial charge in [0, 0.05) is 11.3 Å². The Hall–Kier alpha value is -2.94. The molecule has 0 radical (unpaired) electrons. The second kappa shape index (κ2) is 5.11. The number of fused-ring (bicyclic) bond motifs is 1. The van der Waals surface area contributed by atoms with E-state index in [2.05, 4.69) is 34.5 Å². The van der Waals surface area contributed by atoms with E-state index in [1.807, 2.05) is 48.5 Å². The molecule has 3 nitrogen and oxygen atoms in total. The van der Waals surface area contributed by atoms with Crippen LogP contribution in [0.5, 0.6) is 5.75 Å². The molecule has 0 aromatic heterocycles. The van der Waals surface area contributed by atoms with Gasteiger partial charge in [-0.2, -0.15) is 0 Å². The summed E-state index contributed by atoms with van der Waals surface area (Å²) < 4.78 is 0. The summed E-state index contributed by atoms with van der Waals surface area (Å²) in [6.07, 6.45) is -0.124. The van der Waals surface area contributed by atoms with E-state index in [0.29, 0.717) is 5.75 Å². The van der Waals surface area contributed by atoms with Crippen LogP contribution in [0.3, 0.4) is 0 Å². The summed E-state index contributed by atoms with van der Waals surface area (Å²) in [6, 6.07) is 25.9. The maximum Gasteiger partial charge on any atom is 0.134 e. The number of rotatable bonds is 2. The van der Waals surface area contributed by atoms with Crippen LogP contribution in [0.25, 0.3) is 0 Å². The standard InChI is InChI=1S/C19H16N2O/c22-18-13-7-4-10-15(18)19-20-16-11-5-6-12-17(16)21(19)14-8-2-1-3-9-14/h1-13,19-20,22H. The zero-order valence-corrected chi connectivity index (χ0v) is 12.0. The molecule has 0 amide bonds. The number of para-hydroxylation sites is 4. The molecule has 3 aromatic rings. The highest BCUT2D eigenvalue weighted by Gasteiger charge is 2.32. The smallest absolute Gasteiger partial charge is 0.134 e. The first kappa shape index (κ1) is 12.8. The molecule has 3 aromatic carbocycles. The Balaban J connectivity index is 1.87. The van der Waals surface area contributed by atoms with Gasteiger partial charge in [0.25, 0.3) is 0 Å². The molecule has 1 aliphatic rings. The van der Waals surface area contributed by atoms with Gasteiger partial charge in [0.1, 0.15) is 11.9 Å². The first-order valence-electron chi connectivity index (χ1n) is 7.32. The van der Waals surface area contributed by atoms with Gasteiger partial charge in [-0.05, 0) is 30.3 Å². The van der Waals surface area contributed by atoms with Crippen LogP contribution < -0.4 is 10.2 Å². The molecule has 1 atom stereocenters. The molecule has 4 rings (SSSR count). The Morgan fingerprint density at radius 1 is 0.773 bits per heavy atom. The van der Waals surface area contributed by atoms with E-state index in [-0.39, 0.29) is 6.17 Å². The van der Waals surface area contributed by atoms with Crippen molar-refractivity contribution in [2.75, 3.05) is 10.2 Å². The molecule has 0 spiro atoms. The van der Waals surface area contributed by atoms with Crippen molar-refractivity contribution in [2.24, 2.45) is 0 Å². The van der Waals surface area contributed by atoms with E-state index in [1.54, 1.807) is 6.07 Å². The third kappa shape index (κ3) is 1.99. The van der Waals surface area contributed by atoms with Crippen LogP contribution >= 0.6 is 0 Å². The van der Waals surface area contributed by atoms with Gasteiger partial charge in [0.15, 0.2) is 0 Å². The third-order valence-electron chi connectivity index (χ3n) is 3.98. The summed E-state index contributed by atoms with van der Waals surface area (Å²) >= 11 is 0. The average molecular weight is 288 g/mol. The first-order chi connectivity index (χ1) is 10.8. The van der Waals surface area contributed by atoms with E-state index in [4.69, 9.17) is 0 Å². The molecule has 2 N–H and O–H groups in total. The quantitative estimate of drug-likeness (QED) is 0.720. The SMILES string of the molecule is Oc1ccccc1C1Nc2ccccc2N1c1ccccc1. The Morgan fingerprint density at radius 3 is 2.27 bits per heavy atom. The number of hydrogen-bond acceptors (Lipinski definition) is 3. The highest BCUT2D eigenvalue weighted by molar-refractivity contribution is 5.83. The second-order valence-corrected chi connectivity index (χ2v) is 5.33. The lowest BCUT2D eigenvalue weighted by molar-refractivity contribution is 0.464. The normalized spacial score (nSPS) is 16.2. The fraction of sp³-hybridized carbons (Fsp3) is 0.0526. The van der Waals surface area contributed by atoms with Crippen molar-refractivity contribution in [1.82, 2.24) is 0 Å². The molecule has 108 valence electrons. The lowest BCUT2D eigenvalue weighted by atomic mass is 10.1. The Bertz CT molecular complexity index is 801. The number of aromatic hydroxyl groups is 1. The van der Waals surface area contributed by atoms with E-state index < -0.39 is 0 Å². The van der Waals surface area contributed by atoms with E-state index in [1.165, 1.54) is 0 Å². The van der Waals surface area contributed by atoms with Crippen molar-refractivity contribution in [3.63, 3.8) is 0 Å². The van der Waals surface area contributed by atoms with Crippen LogP contribution in [-0.2, 0) is 0 Å². The van der Waals surface area contributed by atoms with Gasteiger partial charge >= 0.3 is 0 Å². The lowest BCUT2D eigenvalue weighted by Crippen LogP contribution is -2.23. The van der Waals surface area contributed by atoms with Gasteiger partial charge in [-0.1, -0.05) is 48.5 Å². The molecule has 0 fully saturated rings. The molecule has 0 saturated heterocycles. The van der Waals surface area contributed by atoms with E-state index in [0.717, 1.165) is 22.6 Å². The predicted molar refractivity (Wildman–Crippen MR) is 89.5 cm³/mol. The fourth-order valence-electron chi connectivity index (χ4n) is 2.97. The van der Waals surface area contributed by atoms with Crippen LogP contribution in [0.15, 0.2) is 78.9 Å². The van der Waals surface area contributed by atoms with Gasteiger partial charge in [0.2, 0.25) is 0 Å². The molecule has 1 aliphatic heterocycles. The first-order valence-corrected chi connectivity index (χ1v) is 7.32. The summed E-state index contributed by atoms with van der Waals surface area (Å²) in [6.45, 7) is 0. The zero-order valence-electron chi connectivity index (χ0n) is 12.0. The van der Waals surface area contributed by atoms with Crippen molar-refractivity contribution in [3.8, 4) is 5.75 Å². The van der Waals surface area contributed by atoms with Crippen molar-refractivity contribution in [1.29, 1.82) is 0 Å². The molecule has 0 saturated carbocycles.